The molecule has 0 atom stereocenters. The highest BCUT2D eigenvalue weighted by Gasteiger charge is 2.29. The number of aryl methyl sites for hydroxylation is 1. The summed E-state index contributed by atoms with van der Waals surface area (Å²) in [4.78, 5) is 5.27. The van der Waals surface area contributed by atoms with Gasteiger partial charge < -0.3 is 10.2 Å². The molecule has 0 amide bonds. The van der Waals surface area contributed by atoms with Crippen LogP contribution >= 0.6 is 0 Å². The number of halogens is 3. The quantitative estimate of drug-likeness (QED) is 0.809. The second-order valence-corrected chi connectivity index (χ2v) is 4.62. The zero-order chi connectivity index (χ0) is 14.5. The lowest BCUT2D eigenvalue weighted by molar-refractivity contribution is -0.119. The van der Waals surface area contributed by atoms with Crippen LogP contribution in [0.4, 0.5) is 19.0 Å². The number of nitrogens with zero attached hydrogens (tertiary/aromatic N) is 2. The van der Waals surface area contributed by atoms with Crippen LogP contribution in [0, 0.1) is 6.92 Å². The summed E-state index contributed by atoms with van der Waals surface area (Å²) in [6.07, 6.45) is -3.20. The van der Waals surface area contributed by atoms with Gasteiger partial charge in [0.1, 0.15) is 12.4 Å². The highest BCUT2D eigenvalue weighted by atomic mass is 19.4. The van der Waals surface area contributed by atoms with Gasteiger partial charge in [-0.1, -0.05) is 6.92 Å². The van der Waals surface area contributed by atoms with Gasteiger partial charge in [-0.05, 0) is 37.6 Å². The second-order valence-electron chi connectivity index (χ2n) is 4.62. The number of aromatic nitrogens is 1. The van der Waals surface area contributed by atoms with Gasteiger partial charge in [0.15, 0.2) is 0 Å². The Kier molecular flexibility index (Phi) is 5.60. The van der Waals surface area contributed by atoms with Gasteiger partial charge in [-0.15, -0.1) is 0 Å². The molecule has 19 heavy (non-hydrogen) atoms. The van der Waals surface area contributed by atoms with E-state index in [1.165, 1.54) is 7.05 Å². The largest absolute Gasteiger partial charge is 0.405 e. The first kappa shape index (κ1) is 15.8. The van der Waals surface area contributed by atoms with Crippen LogP contribution in [0.3, 0.4) is 0 Å². The molecule has 0 unspecified atom stereocenters. The van der Waals surface area contributed by atoms with Gasteiger partial charge in [-0.2, -0.15) is 13.2 Å². The number of hydrogen-bond acceptors (Lipinski definition) is 3. The van der Waals surface area contributed by atoms with Crippen molar-refractivity contribution in [3.63, 3.8) is 0 Å². The average molecular weight is 275 g/mol. The number of anilines is 1. The van der Waals surface area contributed by atoms with Gasteiger partial charge >= 0.3 is 6.18 Å². The summed E-state index contributed by atoms with van der Waals surface area (Å²) in [5.74, 6) is 0.352. The predicted molar refractivity (Wildman–Crippen MR) is 70.3 cm³/mol. The summed E-state index contributed by atoms with van der Waals surface area (Å²) in [6.45, 7) is 4.38. The minimum Gasteiger partial charge on any atom is -0.351 e. The molecule has 0 radical (unpaired) electrons. The molecule has 108 valence electrons. The van der Waals surface area contributed by atoms with Crippen molar-refractivity contribution in [2.24, 2.45) is 0 Å². The normalized spacial score (nSPS) is 11.7. The van der Waals surface area contributed by atoms with Crippen LogP contribution in [-0.2, 0) is 6.54 Å². The van der Waals surface area contributed by atoms with E-state index in [-0.39, 0.29) is 0 Å². The van der Waals surface area contributed by atoms with Crippen molar-refractivity contribution < 1.29 is 13.2 Å². The van der Waals surface area contributed by atoms with Crippen molar-refractivity contribution in [2.75, 3.05) is 25.0 Å². The third-order valence-electron chi connectivity index (χ3n) is 2.56. The topological polar surface area (TPSA) is 28.2 Å². The molecule has 0 aliphatic carbocycles. The molecule has 0 bridgehead atoms. The monoisotopic (exact) mass is 275 g/mol. The molecule has 1 aromatic rings. The zero-order valence-corrected chi connectivity index (χ0v) is 11.5. The van der Waals surface area contributed by atoms with Crippen LogP contribution in [-0.4, -0.2) is 31.3 Å². The lowest BCUT2D eigenvalue weighted by atomic mass is 10.2. The summed E-state index contributed by atoms with van der Waals surface area (Å²) >= 11 is 0. The smallest absolute Gasteiger partial charge is 0.351 e. The number of hydrogen-bond donors (Lipinski definition) is 1. The summed E-state index contributed by atoms with van der Waals surface area (Å²) in [7, 11) is 1.40. The maximum absolute atomic E-state index is 12.4. The number of rotatable bonds is 6. The maximum Gasteiger partial charge on any atom is 0.405 e. The van der Waals surface area contributed by atoms with Gasteiger partial charge in [0.25, 0.3) is 0 Å². The first-order valence-corrected chi connectivity index (χ1v) is 6.28. The van der Waals surface area contributed by atoms with Crippen LogP contribution < -0.4 is 10.2 Å². The van der Waals surface area contributed by atoms with E-state index in [1.807, 2.05) is 6.07 Å². The Bertz CT molecular complexity index is 405. The van der Waals surface area contributed by atoms with Gasteiger partial charge in [-0.3, -0.25) is 0 Å². The fourth-order valence-electron chi connectivity index (χ4n) is 1.78. The minimum absolute atomic E-state index is 0.352. The van der Waals surface area contributed by atoms with Crippen molar-refractivity contribution in [3.8, 4) is 0 Å². The van der Waals surface area contributed by atoms with E-state index >= 15 is 0 Å². The third-order valence-corrected chi connectivity index (χ3v) is 2.56. The van der Waals surface area contributed by atoms with Crippen LogP contribution in [0.15, 0.2) is 12.1 Å². The molecule has 0 saturated heterocycles. The van der Waals surface area contributed by atoms with Crippen LogP contribution in [0.25, 0.3) is 0 Å². The fourth-order valence-corrected chi connectivity index (χ4v) is 1.78. The fraction of sp³-hybridized carbons (Fsp3) is 0.615. The highest BCUT2D eigenvalue weighted by molar-refractivity contribution is 5.42. The van der Waals surface area contributed by atoms with Gasteiger partial charge in [0.2, 0.25) is 0 Å². The molecule has 0 spiro atoms. The molecule has 0 aliphatic rings. The van der Waals surface area contributed by atoms with E-state index in [0.29, 0.717) is 12.4 Å². The molecule has 1 N–H and O–H groups in total. The summed E-state index contributed by atoms with van der Waals surface area (Å²) < 4.78 is 37.1. The van der Waals surface area contributed by atoms with Crippen molar-refractivity contribution in [1.29, 1.82) is 0 Å². The maximum atomic E-state index is 12.4. The third kappa shape index (κ3) is 5.92. The molecule has 0 aromatic carbocycles. The Labute approximate surface area is 111 Å². The Hall–Kier alpha value is -1.30. The first-order chi connectivity index (χ1) is 8.81. The molecular formula is C13H20F3N3. The Morgan fingerprint density at radius 1 is 1.32 bits per heavy atom. The number of nitrogens with one attached hydrogen (secondary N) is 1. The van der Waals surface area contributed by atoms with Crippen LogP contribution in [0.1, 0.15) is 24.6 Å². The molecule has 0 saturated carbocycles. The van der Waals surface area contributed by atoms with E-state index in [9.17, 15) is 13.2 Å². The van der Waals surface area contributed by atoms with E-state index in [2.05, 4.69) is 17.2 Å². The van der Waals surface area contributed by atoms with Crippen LogP contribution in [0.5, 0.6) is 0 Å². The van der Waals surface area contributed by atoms with E-state index in [4.69, 9.17) is 0 Å². The molecule has 0 aliphatic heterocycles. The molecule has 6 heteroatoms. The van der Waals surface area contributed by atoms with E-state index in [0.717, 1.165) is 29.1 Å². The Morgan fingerprint density at radius 2 is 2.00 bits per heavy atom. The molecule has 3 nitrogen and oxygen atoms in total. The van der Waals surface area contributed by atoms with Crippen molar-refractivity contribution in [2.45, 2.75) is 33.0 Å². The van der Waals surface area contributed by atoms with Crippen molar-refractivity contribution in [3.05, 3.63) is 23.4 Å². The predicted octanol–water partition coefficient (Wildman–Crippen LogP) is 2.89. The highest BCUT2D eigenvalue weighted by Crippen LogP contribution is 2.20. The van der Waals surface area contributed by atoms with Crippen LogP contribution in [0.2, 0.25) is 0 Å². The zero-order valence-electron chi connectivity index (χ0n) is 11.5. The molecule has 1 rings (SSSR count). The minimum atomic E-state index is -4.22. The van der Waals surface area contributed by atoms with E-state index < -0.39 is 12.7 Å². The van der Waals surface area contributed by atoms with Gasteiger partial charge in [0, 0.05) is 19.3 Å². The average Bonchev–Trinajstić information content (AvgIpc) is 2.26. The standard InChI is InChI=1S/C13H20F3N3/c1-4-5-17-8-11-6-10(2)18-12(7-11)19(3)9-13(14,15)16/h6-7,17H,4-5,8-9H2,1-3H3. The summed E-state index contributed by atoms with van der Waals surface area (Å²) in [5, 5.41) is 3.22. The Balaban J connectivity index is 2.78. The number of pyridine rings is 1. The summed E-state index contributed by atoms with van der Waals surface area (Å²) in [5.41, 5.74) is 1.67. The van der Waals surface area contributed by atoms with Crippen molar-refractivity contribution in [1.82, 2.24) is 10.3 Å². The molecule has 1 heterocycles. The van der Waals surface area contributed by atoms with Gasteiger partial charge in [-0.25, -0.2) is 4.98 Å². The van der Waals surface area contributed by atoms with Gasteiger partial charge in [0.05, 0.1) is 0 Å². The summed E-state index contributed by atoms with van der Waals surface area (Å²) in [6, 6.07) is 3.58. The SMILES string of the molecule is CCCNCc1cc(C)nc(N(C)CC(F)(F)F)c1. The first-order valence-electron chi connectivity index (χ1n) is 6.28. The number of alkyl halides is 3. The lowest BCUT2D eigenvalue weighted by Gasteiger charge is -2.21. The van der Waals surface area contributed by atoms with Crippen molar-refractivity contribution >= 4 is 5.82 Å². The van der Waals surface area contributed by atoms with E-state index in [1.54, 1.807) is 13.0 Å². The lowest BCUT2D eigenvalue weighted by Crippen LogP contribution is -2.31. The Morgan fingerprint density at radius 3 is 2.58 bits per heavy atom. The molecule has 0 fully saturated rings. The molecule has 1 aromatic heterocycles. The second kappa shape index (κ2) is 6.75. The molecular weight excluding hydrogens is 255 g/mol.